The highest BCUT2D eigenvalue weighted by Gasteiger charge is 2.22. The van der Waals surface area contributed by atoms with Crippen molar-refractivity contribution in [1.29, 1.82) is 0 Å². The SMILES string of the molecule is CCOc1cc2c(cc1CNC(=O)CSc1nnnn1CC)O[C@@H](C)C2. The van der Waals surface area contributed by atoms with Crippen LogP contribution in [0.1, 0.15) is 31.9 Å². The Labute approximate surface area is 156 Å². The van der Waals surface area contributed by atoms with Crippen molar-refractivity contribution in [3.63, 3.8) is 0 Å². The Hall–Kier alpha value is -2.29. The van der Waals surface area contributed by atoms with Gasteiger partial charge in [0.15, 0.2) is 0 Å². The first kappa shape index (κ1) is 18.5. The first-order valence-corrected chi connectivity index (χ1v) is 9.70. The highest BCUT2D eigenvalue weighted by Crippen LogP contribution is 2.35. The molecule has 1 N–H and O–H groups in total. The maximum atomic E-state index is 12.2. The smallest absolute Gasteiger partial charge is 0.230 e. The van der Waals surface area contributed by atoms with Crippen molar-refractivity contribution in [3.8, 4) is 11.5 Å². The standard InChI is InChI=1S/C17H23N5O3S/c1-4-22-17(19-20-21-22)26-10-16(23)18-9-13-8-15-12(6-11(3)25-15)7-14(13)24-5-2/h7-8,11H,4-6,9-10H2,1-3H3,(H,18,23)/t11-/m0/s1. The summed E-state index contributed by atoms with van der Waals surface area (Å²) in [5.74, 6) is 1.84. The molecule has 0 fully saturated rings. The monoisotopic (exact) mass is 377 g/mol. The number of aryl methyl sites for hydroxylation is 1. The van der Waals surface area contributed by atoms with Gasteiger partial charge in [-0.3, -0.25) is 4.79 Å². The highest BCUT2D eigenvalue weighted by atomic mass is 32.2. The summed E-state index contributed by atoms with van der Waals surface area (Å²) in [5.41, 5.74) is 2.06. The third-order valence-corrected chi connectivity index (χ3v) is 4.94. The number of amides is 1. The molecule has 2 aromatic rings. The minimum absolute atomic E-state index is 0.0853. The minimum Gasteiger partial charge on any atom is -0.494 e. The second-order valence-electron chi connectivity index (χ2n) is 5.98. The number of nitrogens with one attached hydrogen (secondary N) is 1. The third-order valence-electron chi connectivity index (χ3n) is 3.99. The fraction of sp³-hybridized carbons (Fsp3) is 0.529. The van der Waals surface area contributed by atoms with Crippen LogP contribution in [-0.2, 0) is 24.3 Å². The number of fused-ring (bicyclic) bond motifs is 1. The number of aromatic nitrogens is 4. The van der Waals surface area contributed by atoms with E-state index in [2.05, 4.69) is 20.8 Å². The molecule has 0 radical (unpaired) electrons. The normalized spacial score (nSPS) is 15.4. The predicted molar refractivity (Wildman–Crippen MR) is 97.5 cm³/mol. The molecule has 26 heavy (non-hydrogen) atoms. The summed E-state index contributed by atoms with van der Waals surface area (Å²) in [4.78, 5) is 12.2. The lowest BCUT2D eigenvalue weighted by Gasteiger charge is -2.13. The Morgan fingerprint density at radius 2 is 2.31 bits per heavy atom. The van der Waals surface area contributed by atoms with Crippen molar-refractivity contribution in [2.24, 2.45) is 0 Å². The Bertz CT molecular complexity index is 780. The fourth-order valence-electron chi connectivity index (χ4n) is 2.78. The van der Waals surface area contributed by atoms with E-state index in [0.717, 1.165) is 29.0 Å². The maximum Gasteiger partial charge on any atom is 0.230 e. The minimum atomic E-state index is -0.0853. The van der Waals surface area contributed by atoms with Crippen LogP contribution in [-0.4, -0.2) is 44.6 Å². The average Bonchev–Trinajstić information content (AvgIpc) is 3.22. The number of tetrazole rings is 1. The number of rotatable bonds is 8. The molecule has 0 unspecified atom stereocenters. The topological polar surface area (TPSA) is 91.2 Å². The van der Waals surface area contributed by atoms with Crippen LogP contribution in [0.5, 0.6) is 11.5 Å². The zero-order valence-electron chi connectivity index (χ0n) is 15.2. The second kappa shape index (κ2) is 8.39. The van der Waals surface area contributed by atoms with E-state index >= 15 is 0 Å². The van der Waals surface area contributed by atoms with Crippen molar-refractivity contribution in [2.75, 3.05) is 12.4 Å². The third kappa shape index (κ3) is 4.27. The molecule has 1 amide bonds. The van der Waals surface area contributed by atoms with Crippen LogP contribution < -0.4 is 14.8 Å². The summed E-state index contributed by atoms with van der Waals surface area (Å²) in [6.07, 6.45) is 1.05. The molecule has 1 aliphatic heterocycles. The zero-order valence-corrected chi connectivity index (χ0v) is 16.0. The molecule has 2 heterocycles. The van der Waals surface area contributed by atoms with Crippen LogP contribution in [0.4, 0.5) is 0 Å². The Balaban J connectivity index is 1.60. The largest absolute Gasteiger partial charge is 0.494 e. The van der Waals surface area contributed by atoms with Crippen LogP contribution >= 0.6 is 11.8 Å². The van der Waals surface area contributed by atoms with Crippen molar-refractivity contribution < 1.29 is 14.3 Å². The molecule has 3 rings (SSSR count). The second-order valence-corrected chi connectivity index (χ2v) is 6.92. The van der Waals surface area contributed by atoms with Gasteiger partial charge in [-0.05, 0) is 43.3 Å². The van der Waals surface area contributed by atoms with Gasteiger partial charge < -0.3 is 14.8 Å². The quantitative estimate of drug-likeness (QED) is 0.702. The van der Waals surface area contributed by atoms with Crippen LogP contribution in [0, 0.1) is 0 Å². The first-order chi connectivity index (χ1) is 12.6. The summed E-state index contributed by atoms with van der Waals surface area (Å²) >= 11 is 1.32. The van der Waals surface area contributed by atoms with E-state index in [4.69, 9.17) is 9.47 Å². The molecule has 1 aromatic heterocycles. The molecular weight excluding hydrogens is 354 g/mol. The molecular formula is C17H23N5O3S. The predicted octanol–water partition coefficient (Wildman–Crippen LogP) is 1.82. The van der Waals surface area contributed by atoms with E-state index in [0.29, 0.717) is 24.9 Å². The number of ether oxygens (including phenoxy) is 2. The van der Waals surface area contributed by atoms with Gasteiger partial charge in [0.1, 0.15) is 17.6 Å². The van der Waals surface area contributed by atoms with Gasteiger partial charge in [0, 0.05) is 30.6 Å². The van der Waals surface area contributed by atoms with Crippen molar-refractivity contribution in [3.05, 3.63) is 23.3 Å². The van der Waals surface area contributed by atoms with E-state index in [1.807, 2.05) is 32.9 Å². The first-order valence-electron chi connectivity index (χ1n) is 8.71. The summed E-state index contributed by atoms with van der Waals surface area (Å²) in [5, 5.41) is 14.9. The molecule has 0 aliphatic carbocycles. The van der Waals surface area contributed by atoms with Gasteiger partial charge >= 0.3 is 0 Å². The summed E-state index contributed by atoms with van der Waals surface area (Å²) < 4.78 is 13.2. The van der Waals surface area contributed by atoms with E-state index in [1.165, 1.54) is 11.8 Å². The Morgan fingerprint density at radius 1 is 1.46 bits per heavy atom. The lowest BCUT2D eigenvalue weighted by molar-refractivity contribution is -0.118. The van der Waals surface area contributed by atoms with Gasteiger partial charge in [-0.1, -0.05) is 11.8 Å². The van der Waals surface area contributed by atoms with Gasteiger partial charge in [-0.2, -0.15) is 0 Å². The van der Waals surface area contributed by atoms with Crippen LogP contribution in [0.15, 0.2) is 17.3 Å². The summed E-state index contributed by atoms with van der Waals surface area (Å²) in [7, 11) is 0. The average molecular weight is 377 g/mol. The lowest BCUT2D eigenvalue weighted by atomic mass is 10.1. The molecule has 1 atom stereocenters. The molecule has 8 nitrogen and oxygen atoms in total. The summed E-state index contributed by atoms with van der Waals surface area (Å²) in [6.45, 7) is 7.57. The molecule has 0 spiro atoms. The number of hydrogen-bond donors (Lipinski definition) is 1. The number of benzene rings is 1. The van der Waals surface area contributed by atoms with Crippen LogP contribution in [0.2, 0.25) is 0 Å². The summed E-state index contributed by atoms with van der Waals surface area (Å²) in [6, 6.07) is 3.99. The number of hydrogen-bond acceptors (Lipinski definition) is 7. The Kier molecular flexibility index (Phi) is 5.97. The number of nitrogens with zero attached hydrogens (tertiary/aromatic N) is 4. The van der Waals surface area contributed by atoms with Crippen molar-refractivity contribution >= 4 is 17.7 Å². The van der Waals surface area contributed by atoms with E-state index in [-0.39, 0.29) is 17.8 Å². The van der Waals surface area contributed by atoms with Crippen molar-refractivity contribution in [1.82, 2.24) is 25.5 Å². The van der Waals surface area contributed by atoms with Crippen molar-refractivity contribution in [2.45, 2.75) is 51.5 Å². The van der Waals surface area contributed by atoms with Gasteiger partial charge in [0.05, 0.1) is 12.4 Å². The molecule has 0 bridgehead atoms. The van der Waals surface area contributed by atoms with Gasteiger partial charge in [-0.25, -0.2) is 4.68 Å². The maximum absolute atomic E-state index is 12.2. The zero-order chi connectivity index (χ0) is 18.5. The lowest BCUT2D eigenvalue weighted by Crippen LogP contribution is -2.25. The number of carbonyl (C=O) groups is 1. The molecule has 0 saturated heterocycles. The number of carbonyl (C=O) groups excluding carboxylic acids is 1. The van der Waals surface area contributed by atoms with Gasteiger partial charge in [0.2, 0.25) is 11.1 Å². The van der Waals surface area contributed by atoms with E-state index in [1.54, 1.807) is 4.68 Å². The van der Waals surface area contributed by atoms with Crippen LogP contribution in [0.25, 0.3) is 0 Å². The highest BCUT2D eigenvalue weighted by molar-refractivity contribution is 7.99. The van der Waals surface area contributed by atoms with Gasteiger partial charge in [-0.15, -0.1) is 5.10 Å². The van der Waals surface area contributed by atoms with Crippen LogP contribution in [0.3, 0.4) is 0 Å². The molecule has 1 aliphatic rings. The van der Waals surface area contributed by atoms with E-state index in [9.17, 15) is 4.79 Å². The number of thioether (sulfide) groups is 1. The van der Waals surface area contributed by atoms with E-state index < -0.39 is 0 Å². The molecule has 140 valence electrons. The molecule has 1 aromatic carbocycles. The molecule has 9 heteroatoms. The van der Waals surface area contributed by atoms with Gasteiger partial charge in [0.25, 0.3) is 0 Å². The fourth-order valence-corrected chi connectivity index (χ4v) is 3.55. The molecule has 0 saturated carbocycles. The Morgan fingerprint density at radius 3 is 3.08 bits per heavy atom.